The Morgan fingerprint density at radius 3 is 2.52 bits per heavy atom. The molecule has 1 unspecified atom stereocenters. The standard InChI is InChI=1S/C22H28N2O3/c1-4-5-15-27-18-12-10-17(11-13-18)22(2)23-20-9-7-6-8-19(20)21(25)24(22)14-16-26-3/h6-13,23H,4-5,14-16H2,1-3H3. The summed E-state index contributed by atoms with van der Waals surface area (Å²) in [5, 5.41) is 3.56. The molecular weight excluding hydrogens is 340 g/mol. The fraction of sp³-hybridized carbons (Fsp3) is 0.409. The monoisotopic (exact) mass is 368 g/mol. The van der Waals surface area contributed by atoms with Crippen molar-refractivity contribution >= 4 is 11.6 Å². The fourth-order valence-corrected chi connectivity index (χ4v) is 3.40. The zero-order chi connectivity index (χ0) is 19.3. The number of rotatable bonds is 8. The second-order valence-electron chi connectivity index (χ2n) is 6.92. The number of hydrogen-bond acceptors (Lipinski definition) is 4. The van der Waals surface area contributed by atoms with Crippen LogP contribution in [0, 0.1) is 0 Å². The summed E-state index contributed by atoms with van der Waals surface area (Å²) < 4.78 is 11.0. The van der Waals surface area contributed by atoms with Crippen LogP contribution in [0.5, 0.6) is 5.75 Å². The topological polar surface area (TPSA) is 50.8 Å². The number of ether oxygens (including phenoxy) is 2. The van der Waals surface area contributed by atoms with Gasteiger partial charge in [0.05, 0.1) is 18.8 Å². The molecule has 0 saturated carbocycles. The fourth-order valence-electron chi connectivity index (χ4n) is 3.40. The smallest absolute Gasteiger partial charge is 0.258 e. The molecule has 144 valence electrons. The lowest BCUT2D eigenvalue weighted by Crippen LogP contribution is -2.56. The van der Waals surface area contributed by atoms with Crippen LogP contribution in [0.15, 0.2) is 48.5 Å². The minimum atomic E-state index is -0.661. The first kappa shape index (κ1) is 19.2. The molecule has 0 aromatic heterocycles. The maximum atomic E-state index is 13.2. The number of hydrogen-bond donors (Lipinski definition) is 1. The highest BCUT2D eigenvalue weighted by Gasteiger charge is 2.42. The molecule has 1 aliphatic rings. The third-order valence-corrected chi connectivity index (χ3v) is 5.02. The van der Waals surface area contributed by atoms with E-state index in [1.54, 1.807) is 7.11 Å². The van der Waals surface area contributed by atoms with Crippen molar-refractivity contribution in [2.45, 2.75) is 32.4 Å². The number of unbranched alkanes of at least 4 members (excludes halogenated alkanes) is 1. The molecule has 3 rings (SSSR count). The van der Waals surface area contributed by atoms with Gasteiger partial charge in [0, 0.05) is 19.3 Å². The van der Waals surface area contributed by atoms with Gasteiger partial charge in [0.2, 0.25) is 0 Å². The molecule has 27 heavy (non-hydrogen) atoms. The predicted molar refractivity (Wildman–Crippen MR) is 107 cm³/mol. The van der Waals surface area contributed by atoms with E-state index >= 15 is 0 Å². The maximum absolute atomic E-state index is 13.2. The van der Waals surface area contributed by atoms with Gasteiger partial charge in [-0.2, -0.15) is 0 Å². The van der Waals surface area contributed by atoms with E-state index in [9.17, 15) is 4.79 Å². The molecular formula is C22H28N2O3. The number of anilines is 1. The minimum absolute atomic E-state index is 0.00664. The van der Waals surface area contributed by atoms with E-state index in [4.69, 9.17) is 9.47 Å². The molecule has 0 aliphatic carbocycles. The van der Waals surface area contributed by atoms with Gasteiger partial charge in [-0.25, -0.2) is 0 Å². The van der Waals surface area contributed by atoms with Crippen molar-refractivity contribution in [2.24, 2.45) is 0 Å². The van der Waals surface area contributed by atoms with Crippen LogP contribution < -0.4 is 10.1 Å². The number of benzene rings is 2. The molecule has 5 heteroatoms. The Balaban J connectivity index is 1.91. The van der Waals surface area contributed by atoms with E-state index in [1.165, 1.54) is 0 Å². The van der Waals surface area contributed by atoms with Crippen LogP contribution in [-0.4, -0.2) is 37.7 Å². The largest absolute Gasteiger partial charge is 0.494 e. The highest BCUT2D eigenvalue weighted by molar-refractivity contribution is 6.02. The van der Waals surface area contributed by atoms with Gasteiger partial charge in [0.1, 0.15) is 11.4 Å². The molecule has 2 aromatic rings. The van der Waals surface area contributed by atoms with Gasteiger partial charge in [-0.1, -0.05) is 37.6 Å². The van der Waals surface area contributed by atoms with Crippen LogP contribution in [0.1, 0.15) is 42.6 Å². The zero-order valence-electron chi connectivity index (χ0n) is 16.3. The van der Waals surface area contributed by atoms with Crippen molar-refractivity contribution in [3.05, 3.63) is 59.7 Å². The summed E-state index contributed by atoms with van der Waals surface area (Å²) in [6.07, 6.45) is 2.15. The van der Waals surface area contributed by atoms with Gasteiger partial charge in [0.25, 0.3) is 5.91 Å². The summed E-state index contributed by atoms with van der Waals surface area (Å²) in [5.74, 6) is 0.856. The third-order valence-electron chi connectivity index (χ3n) is 5.02. The Kier molecular flexibility index (Phi) is 6.01. The summed E-state index contributed by atoms with van der Waals surface area (Å²) in [6, 6.07) is 15.6. The van der Waals surface area contributed by atoms with Gasteiger partial charge < -0.3 is 19.7 Å². The Bertz CT molecular complexity index is 775. The Hall–Kier alpha value is -2.53. The summed E-state index contributed by atoms with van der Waals surface area (Å²) in [4.78, 5) is 15.0. The molecule has 0 fully saturated rings. The van der Waals surface area contributed by atoms with E-state index in [1.807, 2.05) is 60.4 Å². The van der Waals surface area contributed by atoms with E-state index < -0.39 is 5.66 Å². The molecule has 1 N–H and O–H groups in total. The minimum Gasteiger partial charge on any atom is -0.494 e. The molecule has 0 bridgehead atoms. The van der Waals surface area contributed by atoms with E-state index in [0.717, 1.165) is 36.4 Å². The molecule has 1 heterocycles. The summed E-state index contributed by atoms with van der Waals surface area (Å²) >= 11 is 0. The lowest BCUT2D eigenvalue weighted by molar-refractivity contribution is 0.0438. The quantitative estimate of drug-likeness (QED) is 0.708. The number of amides is 1. The van der Waals surface area contributed by atoms with Gasteiger partial charge in [-0.15, -0.1) is 0 Å². The summed E-state index contributed by atoms with van der Waals surface area (Å²) in [7, 11) is 1.65. The Morgan fingerprint density at radius 1 is 1.07 bits per heavy atom. The lowest BCUT2D eigenvalue weighted by atomic mass is 9.93. The van der Waals surface area contributed by atoms with Crippen molar-refractivity contribution in [1.29, 1.82) is 0 Å². The van der Waals surface area contributed by atoms with Crippen molar-refractivity contribution in [3.8, 4) is 5.75 Å². The summed E-state index contributed by atoms with van der Waals surface area (Å²) in [6.45, 7) is 5.87. The number of fused-ring (bicyclic) bond motifs is 1. The van der Waals surface area contributed by atoms with Crippen molar-refractivity contribution < 1.29 is 14.3 Å². The molecule has 1 amide bonds. The van der Waals surface area contributed by atoms with Crippen LogP contribution in [0.3, 0.4) is 0 Å². The number of para-hydroxylation sites is 1. The van der Waals surface area contributed by atoms with E-state index in [0.29, 0.717) is 18.7 Å². The van der Waals surface area contributed by atoms with Gasteiger partial charge in [-0.3, -0.25) is 4.79 Å². The third kappa shape index (κ3) is 3.93. The van der Waals surface area contributed by atoms with Crippen molar-refractivity contribution in [1.82, 2.24) is 4.90 Å². The van der Waals surface area contributed by atoms with E-state index in [-0.39, 0.29) is 5.91 Å². The van der Waals surface area contributed by atoms with E-state index in [2.05, 4.69) is 12.2 Å². The van der Waals surface area contributed by atoms with Gasteiger partial charge >= 0.3 is 0 Å². The Labute approximate surface area is 161 Å². The predicted octanol–water partition coefficient (Wildman–Crippen LogP) is 4.25. The number of carbonyl (C=O) groups excluding carboxylic acids is 1. The zero-order valence-corrected chi connectivity index (χ0v) is 16.3. The molecule has 0 radical (unpaired) electrons. The Morgan fingerprint density at radius 2 is 1.81 bits per heavy atom. The summed E-state index contributed by atoms with van der Waals surface area (Å²) in [5.41, 5.74) is 1.88. The average Bonchev–Trinajstić information content (AvgIpc) is 2.68. The molecule has 1 aliphatic heterocycles. The van der Waals surface area contributed by atoms with Crippen LogP contribution in [-0.2, 0) is 10.4 Å². The first-order valence-electron chi connectivity index (χ1n) is 9.51. The van der Waals surface area contributed by atoms with Crippen LogP contribution in [0.25, 0.3) is 0 Å². The SMILES string of the molecule is CCCCOc1ccc(C2(C)Nc3ccccc3C(=O)N2CCOC)cc1. The number of carbonyl (C=O) groups is 1. The van der Waals surface area contributed by atoms with Crippen LogP contribution in [0.4, 0.5) is 5.69 Å². The highest BCUT2D eigenvalue weighted by atomic mass is 16.5. The van der Waals surface area contributed by atoms with Gasteiger partial charge in [-0.05, 0) is 43.2 Å². The number of methoxy groups -OCH3 is 1. The highest BCUT2D eigenvalue weighted by Crippen LogP contribution is 2.38. The second kappa shape index (κ2) is 8.44. The van der Waals surface area contributed by atoms with Gasteiger partial charge in [0.15, 0.2) is 0 Å². The van der Waals surface area contributed by atoms with Crippen molar-refractivity contribution in [3.63, 3.8) is 0 Å². The molecule has 0 spiro atoms. The first-order chi connectivity index (χ1) is 13.1. The number of nitrogens with one attached hydrogen (secondary N) is 1. The molecule has 5 nitrogen and oxygen atoms in total. The van der Waals surface area contributed by atoms with Crippen LogP contribution >= 0.6 is 0 Å². The van der Waals surface area contributed by atoms with Crippen LogP contribution in [0.2, 0.25) is 0 Å². The average molecular weight is 368 g/mol. The number of nitrogens with zero attached hydrogens (tertiary/aromatic N) is 1. The normalized spacial score (nSPS) is 18.8. The molecule has 0 saturated heterocycles. The lowest BCUT2D eigenvalue weighted by Gasteiger charge is -2.46. The molecule has 1 atom stereocenters. The van der Waals surface area contributed by atoms with Crippen molar-refractivity contribution in [2.75, 3.05) is 32.2 Å². The molecule has 2 aromatic carbocycles. The maximum Gasteiger partial charge on any atom is 0.258 e. The second-order valence-corrected chi connectivity index (χ2v) is 6.92. The first-order valence-corrected chi connectivity index (χ1v) is 9.51.